The van der Waals surface area contributed by atoms with Crippen molar-refractivity contribution < 1.29 is 9.47 Å². The molecule has 0 radical (unpaired) electrons. The maximum absolute atomic E-state index is 6.04. The van der Waals surface area contributed by atoms with Crippen LogP contribution in [0.3, 0.4) is 0 Å². The van der Waals surface area contributed by atoms with E-state index in [1.165, 1.54) is 0 Å². The fourth-order valence-electron chi connectivity index (χ4n) is 2.37. The van der Waals surface area contributed by atoms with Crippen LogP contribution in [0.1, 0.15) is 5.56 Å². The zero-order valence-electron chi connectivity index (χ0n) is 12.0. The molecule has 2 aromatic carbocycles. The first-order valence-electron chi connectivity index (χ1n) is 6.64. The first kappa shape index (κ1) is 13.3. The summed E-state index contributed by atoms with van der Waals surface area (Å²) in [7, 11) is 3.30. The van der Waals surface area contributed by atoms with E-state index in [2.05, 4.69) is 4.98 Å². The second-order valence-electron chi connectivity index (χ2n) is 4.76. The molecule has 2 N–H and O–H groups in total. The van der Waals surface area contributed by atoms with Crippen molar-refractivity contribution in [2.24, 2.45) is 0 Å². The number of imidazole rings is 1. The van der Waals surface area contributed by atoms with Gasteiger partial charge in [-0.2, -0.15) is 0 Å². The van der Waals surface area contributed by atoms with Crippen LogP contribution in [0.25, 0.3) is 11.0 Å². The molecule has 0 saturated carbocycles. The predicted molar refractivity (Wildman–Crippen MR) is 82.8 cm³/mol. The monoisotopic (exact) mass is 283 g/mol. The minimum atomic E-state index is 0.487. The summed E-state index contributed by atoms with van der Waals surface area (Å²) < 4.78 is 12.5. The highest BCUT2D eigenvalue weighted by Crippen LogP contribution is 2.24. The maximum atomic E-state index is 6.04. The van der Waals surface area contributed by atoms with Gasteiger partial charge in [0.2, 0.25) is 5.95 Å². The van der Waals surface area contributed by atoms with E-state index in [1.54, 1.807) is 14.2 Å². The van der Waals surface area contributed by atoms with E-state index >= 15 is 0 Å². The van der Waals surface area contributed by atoms with Crippen molar-refractivity contribution in [3.8, 4) is 11.5 Å². The van der Waals surface area contributed by atoms with Gasteiger partial charge >= 0.3 is 0 Å². The smallest absolute Gasteiger partial charge is 0.201 e. The molecule has 0 aliphatic rings. The number of ether oxygens (including phenoxy) is 2. The van der Waals surface area contributed by atoms with Crippen LogP contribution in [0.15, 0.2) is 42.5 Å². The molecular formula is C16H17N3O2. The average molecular weight is 283 g/mol. The number of aromatic nitrogens is 2. The van der Waals surface area contributed by atoms with Gasteiger partial charge < -0.3 is 19.8 Å². The van der Waals surface area contributed by atoms with E-state index in [0.717, 1.165) is 28.1 Å². The van der Waals surface area contributed by atoms with Gasteiger partial charge in [-0.25, -0.2) is 4.98 Å². The Bertz CT molecular complexity index is 780. The molecule has 21 heavy (non-hydrogen) atoms. The van der Waals surface area contributed by atoms with Crippen LogP contribution in [0, 0.1) is 0 Å². The van der Waals surface area contributed by atoms with Gasteiger partial charge in [-0.05, 0) is 29.8 Å². The number of nitrogen functional groups attached to an aromatic ring is 1. The SMILES string of the molecule is COc1cccc(Cn2c(N)nc3ccc(OC)cc32)c1. The quantitative estimate of drug-likeness (QED) is 0.799. The van der Waals surface area contributed by atoms with Crippen molar-refractivity contribution >= 4 is 17.0 Å². The summed E-state index contributed by atoms with van der Waals surface area (Å²) >= 11 is 0. The van der Waals surface area contributed by atoms with Gasteiger partial charge in [-0.1, -0.05) is 12.1 Å². The largest absolute Gasteiger partial charge is 0.497 e. The highest BCUT2D eigenvalue weighted by Gasteiger charge is 2.10. The Kier molecular flexibility index (Phi) is 3.39. The molecule has 0 aliphatic heterocycles. The number of hydrogen-bond donors (Lipinski definition) is 1. The fourth-order valence-corrected chi connectivity index (χ4v) is 2.37. The fraction of sp³-hybridized carbons (Fsp3) is 0.188. The molecule has 0 saturated heterocycles. The number of rotatable bonds is 4. The van der Waals surface area contributed by atoms with Crippen molar-refractivity contribution in [2.75, 3.05) is 20.0 Å². The van der Waals surface area contributed by atoms with Crippen molar-refractivity contribution in [3.63, 3.8) is 0 Å². The van der Waals surface area contributed by atoms with E-state index in [-0.39, 0.29) is 0 Å². The highest BCUT2D eigenvalue weighted by atomic mass is 16.5. The Hall–Kier alpha value is -2.69. The molecule has 0 fully saturated rings. The lowest BCUT2D eigenvalue weighted by atomic mass is 10.2. The minimum absolute atomic E-state index is 0.487. The molecule has 108 valence electrons. The van der Waals surface area contributed by atoms with E-state index in [9.17, 15) is 0 Å². The number of benzene rings is 2. The molecule has 3 aromatic rings. The lowest BCUT2D eigenvalue weighted by molar-refractivity contribution is 0.414. The van der Waals surface area contributed by atoms with Gasteiger partial charge in [0, 0.05) is 6.07 Å². The normalized spacial score (nSPS) is 10.8. The number of nitrogens with two attached hydrogens (primary N) is 1. The summed E-state index contributed by atoms with van der Waals surface area (Å²) in [4.78, 5) is 4.38. The first-order valence-corrected chi connectivity index (χ1v) is 6.64. The molecule has 0 unspecified atom stereocenters. The zero-order valence-corrected chi connectivity index (χ0v) is 12.0. The summed E-state index contributed by atoms with van der Waals surface area (Å²) in [6.07, 6.45) is 0. The maximum Gasteiger partial charge on any atom is 0.201 e. The van der Waals surface area contributed by atoms with Crippen molar-refractivity contribution in [1.82, 2.24) is 9.55 Å². The summed E-state index contributed by atoms with van der Waals surface area (Å²) in [6.45, 7) is 0.632. The molecule has 5 nitrogen and oxygen atoms in total. The molecule has 3 rings (SSSR count). The number of anilines is 1. The van der Waals surface area contributed by atoms with Crippen LogP contribution in [0.4, 0.5) is 5.95 Å². The van der Waals surface area contributed by atoms with Gasteiger partial charge in [-0.15, -0.1) is 0 Å². The highest BCUT2D eigenvalue weighted by molar-refractivity contribution is 5.80. The summed E-state index contributed by atoms with van der Waals surface area (Å²) in [5.74, 6) is 2.10. The molecule has 0 bridgehead atoms. The third-order valence-corrected chi connectivity index (χ3v) is 3.46. The number of nitrogens with zero attached hydrogens (tertiary/aromatic N) is 2. The Morgan fingerprint density at radius 3 is 2.57 bits per heavy atom. The van der Waals surface area contributed by atoms with Crippen molar-refractivity contribution in [1.29, 1.82) is 0 Å². The molecule has 0 amide bonds. The topological polar surface area (TPSA) is 62.3 Å². The number of methoxy groups -OCH3 is 2. The molecule has 0 atom stereocenters. The molecule has 1 aromatic heterocycles. The second-order valence-corrected chi connectivity index (χ2v) is 4.76. The van der Waals surface area contributed by atoms with Gasteiger partial charge in [-0.3, -0.25) is 0 Å². The van der Waals surface area contributed by atoms with Gasteiger partial charge in [0.15, 0.2) is 0 Å². The van der Waals surface area contributed by atoms with Gasteiger partial charge in [0.05, 0.1) is 31.8 Å². The van der Waals surface area contributed by atoms with Crippen LogP contribution < -0.4 is 15.2 Å². The number of hydrogen-bond acceptors (Lipinski definition) is 4. The molecule has 0 spiro atoms. The summed E-state index contributed by atoms with van der Waals surface area (Å²) in [5, 5.41) is 0. The van der Waals surface area contributed by atoms with E-state index in [4.69, 9.17) is 15.2 Å². The van der Waals surface area contributed by atoms with E-state index < -0.39 is 0 Å². The van der Waals surface area contributed by atoms with Gasteiger partial charge in [0.25, 0.3) is 0 Å². The molecular weight excluding hydrogens is 266 g/mol. The standard InChI is InChI=1S/C16H17N3O2/c1-20-12-5-3-4-11(8-12)10-19-15-9-13(21-2)6-7-14(15)18-16(19)17/h3-9H,10H2,1-2H3,(H2,17,18). The second kappa shape index (κ2) is 5.36. The summed E-state index contributed by atoms with van der Waals surface area (Å²) in [5.41, 5.74) is 8.95. The zero-order chi connectivity index (χ0) is 14.8. The lowest BCUT2D eigenvalue weighted by Crippen LogP contribution is -2.04. The van der Waals surface area contributed by atoms with E-state index in [0.29, 0.717) is 12.5 Å². The van der Waals surface area contributed by atoms with Crippen molar-refractivity contribution in [2.45, 2.75) is 6.54 Å². The summed E-state index contributed by atoms with van der Waals surface area (Å²) in [6, 6.07) is 13.6. The Morgan fingerprint density at radius 1 is 1.05 bits per heavy atom. The third kappa shape index (κ3) is 2.50. The van der Waals surface area contributed by atoms with Crippen LogP contribution in [-0.4, -0.2) is 23.8 Å². The minimum Gasteiger partial charge on any atom is -0.497 e. The van der Waals surface area contributed by atoms with E-state index in [1.807, 2.05) is 47.0 Å². The van der Waals surface area contributed by atoms with Crippen LogP contribution in [0.5, 0.6) is 11.5 Å². The average Bonchev–Trinajstić information content (AvgIpc) is 2.82. The molecule has 0 aliphatic carbocycles. The molecule has 5 heteroatoms. The molecule has 1 heterocycles. The Balaban J connectivity index is 2.04. The third-order valence-electron chi connectivity index (χ3n) is 3.46. The predicted octanol–water partition coefficient (Wildman–Crippen LogP) is 2.68. The van der Waals surface area contributed by atoms with Crippen molar-refractivity contribution in [3.05, 3.63) is 48.0 Å². The Labute approximate surface area is 122 Å². The number of fused-ring (bicyclic) bond motifs is 1. The van der Waals surface area contributed by atoms with Crippen LogP contribution in [-0.2, 0) is 6.54 Å². The van der Waals surface area contributed by atoms with Crippen LogP contribution >= 0.6 is 0 Å². The first-order chi connectivity index (χ1) is 10.2. The van der Waals surface area contributed by atoms with Crippen LogP contribution in [0.2, 0.25) is 0 Å². The van der Waals surface area contributed by atoms with Gasteiger partial charge in [0.1, 0.15) is 11.5 Å². The lowest BCUT2D eigenvalue weighted by Gasteiger charge is -2.09. The Morgan fingerprint density at radius 2 is 1.81 bits per heavy atom.